The molecule has 0 spiro atoms. The largest absolute Gasteiger partial charge is 0.481 e. The number of aliphatic carboxylic acids is 1. The van der Waals surface area contributed by atoms with Crippen molar-refractivity contribution in [3.63, 3.8) is 0 Å². The molecule has 0 aliphatic heterocycles. The lowest BCUT2D eigenvalue weighted by Crippen LogP contribution is -2.06. The molecule has 0 atom stereocenters. The summed E-state index contributed by atoms with van der Waals surface area (Å²) in [5.41, 5.74) is 6.13. The summed E-state index contributed by atoms with van der Waals surface area (Å²) in [5.74, 6) is -2.14. The van der Waals surface area contributed by atoms with Crippen LogP contribution in [0.2, 0.25) is 0 Å². The van der Waals surface area contributed by atoms with E-state index in [1.807, 2.05) is 0 Å². The van der Waals surface area contributed by atoms with Gasteiger partial charge in [-0.05, 0) is 23.8 Å². The van der Waals surface area contributed by atoms with E-state index in [0.717, 1.165) is 0 Å². The average Bonchev–Trinajstić information content (AvgIpc) is 2.07. The lowest BCUT2D eigenvalue weighted by molar-refractivity contribution is -0.136. The molecule has 0 radical (unpaired) electrons. The predicted octanol–water partition coefficient (Wildman–Crippen LogP) is 0.594. The molecule has 14 heavy (non-hydrogen) atoms. The molecule has 0 bridgehead atoms. The lowest BCUT2D eigenvalue weighted by atomic mass is 10.1. The Morgan fingerprint density at radius 1 is 1.29 bits per heavy atom. The second-order valence-corrected chi connectivity index (χ2v) is 2.79. The summed E-state index contributed by atoms with van der Waals surface area (Å²) in [6.45, 7) is 0. The fourth-order valence-electron chi connectivity index (χ4n) is 1.05. The second kappa shape index (κ2) is 3.78. The highest BCUT2D eigenvalue weighted by Gasteiger charge is 2.09. The maximum Gasteiger partial charge on any atom is 0.335 e. The molecule has 5 nitrogen and oxygen atoms in total. The van der Waals surface area contributed by atoms with E-state index in [-0.39, 0.29) is 17.7 Å². The summed E-state index contributed by atoms with van der Waals surface area (Å²) in [6, 6.07) is 4.00. The summed E-state index contributed by atoms with van der Waals surface area (Å²) in [7, 11) is 0. The van der Waals surface area contributed by atoms with E-state index in [4.69, 9.17) is 15.9 Å². The van der Waals surface area contributed by atoms with Gasteiger partial charge in [0.25, 0.3) is 0 Å². The van der Waals surface area contributed by atoms with Gasteiger partial charge in [0.2, 0.25) is 0 Å². The Kier molecular flexibility index (Phi) is 2.71. The molecule has 0 aliphatic carbocycles. The van der Waals surface area contributed by atoms with E-state index in [2.05, 4.69) is 0 Å². The summed E-state index contributed by atoms with van der Waals surface area (Å²) < 4.78 is 0. The molecule has 0 heterocycles. The molecular weight excluding hydrogens is 186 g/mol. The number of carboxylic acid groups (broad SMARTS) is 2. The summed E-state index contributed by atoms with van der Waals surface area (Å²) >= 11 is 0. The van der Waals surface area contributed by atoms with Crippen molar-refractivity contribution in [3.05, 3.63) is 29.3 Å². The Hall–Kier alpha value is -2.04. The maximum atomic E-state index is 10.6. The molecule has 0 aliphatic rings. The Morgan fingerprint density at radius 2 is 1.93 bits per heavy atom. The standard InChI is InChI=1S/C9H9NO4/c10-7-2-1-5(9(13)14)3-6(7)4-8(11)12/h1-3H,4,10H2,(H,11,12)(H,13,14). The lowest BCUT2D eigenvalue weighted by Gasteiger charge is -2.03. The van der Waals surface area contributed by atoms with Gasteiger partial charge in [-0.1, -0.05) is 0 Å². The molecule has 0 amide bonds. The van der Waals surface area contributed by atoms with Gasteiger partial charge in [-0.15, -0.1) is 0 Å². The van der Waals surface area contributed by atoms with Gasteiger partial charge in [0.15, 0.2) is 0 Å². The monoisotopic (exact) mass is 195 g/mol. The predicted molar refractivity (Wildman–Crippen MR) is 49.2 cm³/mol. The van der Waals surface area contributed by atoms with Crippen LogP contribution in [-0.4, -0.2) is 22.2 Å². The van der Waals surface area contributed by atoms with Gasteiger partial charge < -0.3 is 15.9 Å². The summed E-state index contributed by atoms with van der Waals surface area (Å²) in [5, 5.41) is 17.2. The highest BCUT2D eigenvalue weighted by Crippen LogP contribution is 2.14. The van der Waals surface area contributed by atoms with Gasteiger partial charge in [-0.2, -0.15) is 0 Å². The first-order valence-corrected chi connectivity index (χ1v) is 3.84. The van der Waals surface area contributed by atoms with Gasteiger partial charge in [0.05, 0.1) is 12.0 Å². The number of aromatic carboxylic acids is 1. The Balaban J connectivity index is 3.08. The molecule has 5 heteroatoms. The van der Waals surface area contributed by atoms with Crippen molar-refractivity contribution in [1.29, 1.82) is 0 Å². The molecule has 0 saturated carbocycles. The Morgan fingerprint density at radius 3 is 2.43 bits per heavy atom. The van der Waals surface area contributed by atoms with Gasteiger partial charge in [0, 0.05) is 5.69 Å². The van der Waals surface area contributed by atoms with Crippen molar-refractivity contribution in [1.82, 2.24) is 0 Å². The number of hydrogen-bond donors (Lipinski definition) is 3. The van der Waals surface area contributed by atoms with Crippen LogP contribution < -0.4 is 5.73 Å². The fraction of sp³-hybridized carbons (Fsp3) is 0.111. The van der Waals surface area contributed by atoms with Crippen molar-refractivity contribution in [2.24, 2.45) is 0 Å². The van der Waals surface area contributed by atoms with Crippen molar-refractivity contribution in [3.8, 4) is 0 Å². The summed E-state index contributed by atoms with van der Waals surface area (Å²) in [6.07, 6.45) is -0.271. The van der Waals surface area contributed by atoms with E-state index in [0.29, 0.717) is 5.56 Å². The van der Waals surface area contributed by atoms with E-state index >= 15 is 0 Å². The summed E-state index contributed by atoms with van der Waals surface area (Å²) in [4.78, 5) is 21.0. The molecular formula is C9H9NO4. The first-order chi connectivity index (χ1) is 6.50. The second-order valence-electron chi connectivity index (χ2n) is 2.79. The van der Waals surface area contributed by atoms with Crippen LogP contribution in [0.1, 0.15) is 15.9 Å². The fourth-order valence-corrected chi connectivity index (χ4v) is 1.05. The molecule has 1 rings (SSSR count). The first kappa shape index (κ1) is 10.0. The van der Waals surface area contributed by atoms with Gasteiger partial charge in [-0.25, -0.2) is 4.79 Å². The van der Waals surface area contributed by atoms with Crippen molar-refractivity contribution in [2.75, 3.05) is 5.73 Å². The minimum Gasteiger partial charge on any atom is -0.481 e. The van der Waals surface area contributed by atoms with Crippen LogP contribution in [0, 0.1) is 0 Å². The zero-order valence-electron chi connectivity index (χ0n) is 7.23. The zero-order valence-corrected chi connectivity index (χ0v) is 7.23. The Labute approximate surface area is 79.8 Å². The first-order valence-electron chi connectivity index (χ1n) is 3.84. The molecule has 1 aromatic carbocycles. The van der Waals surface area contributed by atoms with Crippen molar-refractivity contribution >= 4 is 17.6 Å². The zero-order chi connectivity index (χ0) is 10.7. The van der Waals surface area contributed by atoms with E-state index in [9.17, 15) is 9.59 Å². The minimum atomic E-state index is -1.10. The molecule has 0 aromatic heterocycles. The van der Waals surface area contributed by atoms with Crippen LogP contribution in [-0.2, 0) is 11.2 Å². The highest BCUT2D eigenvalue weighted by atomic mass is 16.4. The van der Waals surface area contributed by atoms with Gasteiger partial charge in [0.1, 0.15) is 0 Å². The molecule has 74 valence electrons. The number of benzene rings is 1. The number of hydrogen-bond acceptors (Lipinski definition) is 3. The third-order valence-electron chi connectivity index (χ3n) is 1.73. The van der Waals surface area contributed by atoms with Gasteiger partial charge >= 0.3 is 11.9 Å². The van der Waals surface area contributed by atoms with Crippen LogP contribution in [0.4, 0.5) is 5.69 Å². The maximum absolute atomic E-state index is 10.6. The average molecular weight is 195 g/mol. The molecule has 0 unspecified atom stereocenters. The number of carboxylic acids is 2. The third-order valence-corrected chi connectivity index (χ3v) is 1.73. The number of nitrogen functional groups attached to an aromatic ring is 1. The molecule has 1 aromatic rings. The normalized spacial score (nSPS) is 9.71. The highest BCUT2D eigenvalue weighted by molar-refractivity contribution is 5.89. The minimum absolute atomic E-state index is 0.0375. The van der Waals surface area contributed by atoms with Crippen LogP contribution in [0.15, 0.2) is 18.2 Å². The van der Waals surface area contributed by atoms with E-state index < -0.39 is 11.9 Å². The Bertz CT molecular complexity index is 386. The van der Waals surface area contributed by atoms with Crippen molar-refractivity contribution < 1.29 is 19.8 Å². The van der Waals surface area contributed by atoms with E-state index in [1.54, 1.807) is 0 Å². The van der Waals surface area contributed by atoms with Crippen LogP contribution in [0.3, 0.4) is 0 Å². The number of nitrogens with two attached hydrogens (primary N) is 1. The van der Waals surface area contributed by atoms with Crippen LogP contribution in [0.5, 0.6) is 0 Å². The number of carbonyl (C=O) groups is 2. The van der Waals surface area contributed by atoms with Crippen LogP contribution >= 0.6 is 0 Å². The topological polar surface area (TPSA) is 101 Å². The molecule has 0 fully saturated rings. The van der Waals surface area contributed by atoms with Gasteiger partial charge in [-0.3, -0.25) is 4.79 Å². The number of anilines is 1. The number of rotatable bonds is 3. The molecule has 4 N–H and O–H groups in total. The quantitative estimate of drug-likeness (QED) is 0.613. The van der Waals surface area contributed by atoms with Crippen molar-refractivity contribution in [2.45, 2.75) is 6.42 Å². The third kappa shape index (κ3) is 2.22. The smallest absolute Gasteiger partial charge is 0.335 e. The van der Waals surface area contributed by atoms with Crippen LogP contribution in [0.25, 0.3) is 0 Å². The SMILES string of the molecule is Nc1ccc(C(=O)O)cc1CC(=O)O. The van der Waals surface area contributed by atoms with E-state index in [1.165, 1.54) is 18.2 Å². The molecule has 0 saturated heterocycles.